The summed E-state index contributed by atoms with van der Waals surface area (Å²) in [5, 5.41) is 33.0. The standard InChI is InChI=1S/C30H32N2O5.C5H13N/c1-21(33)31(18-8-3-2-7-11-28(36)37)30-26-19-25(35)16-17-27(26)32(20-22-9-5-4-6-10-22)29(30)23-12-14-24(34)15-13-23;1-3-4-5-6-2/h4-6,9-10,12-17,19,34-35H,2-3,7-8,11,18,20H2,1H3,(H,36,37);6H,3-5H2,1-2H3. The minimum absolute atomic E-state index is 0.111. The van der Waals surface area contributed by atoms with Crippen molar-refractivity contribution >= 4 is 28.5 Å². The Balaban J connectivity index is 0.000000765. The molecule has 3 aromatic carbocycles. The fourth-order valence-corrected chi connectivity index (χ4v) is 5.12. The van der Waals surface area contributed by atoms with Gasteiger partial charge in [0.1, 0.15) is 11.5 Å². The molecule has 4 aromatic rings. The second kappa shape index (κ2) is 17.0. The molecule has 0 unspecified atom stereocenters. The van der Waals surface area contributed by atoms with Crippen LogP contribution in [-0.2, 0) is 16.1 Å². The third-order valence-electron chi connectivity index (χ3n) is 7.30. The van der Waals surface area contributed by atoms with Crippen LogP contribution in [0.25, 0.3) is 22.2 Å². The first-order valence-electron chi connectivity index (χ1n) is 15.1. The quantitative estimate of drug-likeness (QED) is 0.116. The van der Waals surface area contributed by atoms with E-state index < -0.39 is 5.97 Å². The van der Waals surface area contributed by atoms with Crippen LogP contribution in [0.2, 0.25) is 0 Å². The van der Waals surface area contributed by atoms with E-state index in [-0.39, 0.29) is 23.8 Å². The highest BCUT2D eigenvalue weighted by atomic mass is 16.4. The van der Waals surface area contributed by atoms with Gasteiger partial charge in [0.25, 0.3) is 0 Å². The van der Waals surface area contributed by atoms with Crippen molar-refractivity contribution in [3.8, 4) is 22.8 Å². The highest BCUT2D eigenvalue weighted by Gasteiger charge is 2.26. The topological polar surface area (TPSA) is 115 Å². The third kappa shape index (κ3) is 9.61. The Morgan fingerprint density at radius 2 is 1.53 bits per heavy atom. The highest BCUT2D eigenvalue weighted by molar-refractivity contribution is 6.09. The smallest absolute Gasteiger partial charge is 0.303 e. The van der Waals surface area contributed by atoms with Crippen LogP contribution in [0.15, 0.2) is 72.8 Å². The van der Waals surface area contributed by atoms with E-state index in [9.17, 15) is 19.8 Å². The van der Waals surface area contributed by atoms with E-state index in [1.807, 2.05) is 55.6 Å². The summed E-state index contributed by atoms with van der Waals surface area (Å²) in [5.41, 5.74) is 4.35. The van der Waals surface area contributed by atoms with Gasteiger partial charge in [0, 0.05) is 37.4 Å². The largest absolute Gasteiger partial charge is 0.508 e. The van der Waals surface area contributed by atoms with E-state index in [1.54, 1.807) is 29.2 Å². The normalized spacial score (nSPS) is 10.8. The van der Waals surface area contributed by atoms with Gasteiger partial charge in [-0.3, -0.25) is 9.59 Å². The molecular weight excluding hydrogens is 542 g/mol. The third-order valence-corrected chi connectivity index (χ3v) is 7.30. The molecule has 43 heavy (non-hydrogen) atoms. The number of anilines is 1. The Morgan fingerprint density at radius 3 is 2.14 bits per heavy atom. The van der Waals surface area contributed by atoms with Crippen LogP contribution < -0.4 is 10.2 Å². The van der Waals surface area contributed by atoms with Crippen LogP contribution in [0.5, 0.6) is 11.5 Å². The number of unbranched alkanes of at least 4 members (excludes halogenated alkanes) is 4. The first-order valence-corrected chi connectivity index (χ1v) is 15.1. The number of carbonyl (C=O) groups excluding carboxylic acids is 1. The molecule has 0 radical (unpaired) electrons. The number of aromatic hydroxyl groups is 2. The average molecular weight is 588 g/mol. The highest BCUT2D eigenvalue weighted by Crippen LogP contribution is 2.43. The van der Waals surface area contributed by atoms with Gasteiger partial charge in [-0.15, -0.1) is 0 Å². The number of phenols is 2. The van der Waals surface area contributed by atoms with Crippen molar-refractivity contribution in [3.05, 3.63) is 78.4 Å². The maximum absolute atomic E-state index is 13.0. The zero-order chi connectivity index (χ0) is 31.2. The number of rotatable bonds is 14. The molecule has 1 aromatic heterocycles. The molecule has 4 rings (SSSR count). The lowest BCUT2D eigenvalue weighted by molar-refractivity contribution is -0.137. The van der Waals surface area contributed by atoms with E-state index in [0.717, 1.165) is 53.5 Å². The van der Waals surface area contributed by atoms with E-state index >= 15 is 0 Å². The van der Waals surface area contributed by atoms with Crippen LogP contribution in [0.4, 0.5) is 5.69 Å². The SMILES string of the molecule is CC(=O)N(CCCCCCC(=O)O)c1c(-c2ccc(O)cc2)n(Cc2ccccc2)c2ccc(O)cc12.CCCCNC. The van der Waals surface area contributed by atoms with Crippen LogP contribution in [-0.4, -0.2) is 51.9 Å². The van der Waals surface area contributed by atoms with Gasteiger partial charge in [0.2, 0.25) is 5.91 Å². The van der Waals surface area contributed by atoms with Crippen molar-refractivity contribution in [1.82, 2.24) is 9.88 Å². The molecule has 4 N–H and O–H groups in total. The Labute approximate surface area is 254 Å². The molecule has 1 amide bonds. The summed E-state index contributed by atoms with van der Waals surface area (Å²) in [6.07, 6.45) is 5.65. The summed E-state index contributed by atoms with van der Waals surface area (Å²) >= 11 is 0. The number of aliphatic carboxylic acids is 1. The van der Waals surface area contributed by atoms with Crippen molar-refractivity contribution in [1.29, 1.82) is 0 Å². The fourth-order valence-electron chi connectivity index (χ4n) is 5.12. The first-order chi connectivity index (χ1) is 20.8. The molecule has 230 valence electrons. The van der Waals surface area contributed by atoms with Crippen molar-refractivity contribution in [2.75, 3.05) is 25.0 Å². The monoisotopic (exact) mass is 587 g/mol. The number of aromatic nitrogens is 1. The summed E-state index contributed by atoms with van der Waals surface area (Å²) in [5.74, 6) is -0.652. The van der Waals surface area contributed by atoms with E-state index in [2.05, 4.69) is 16.8 Å². The van der Waals surface area contributed by atoms with Gasteiger partial charge in [0.15, 0.2) is 0 Å². The lowest BCUT2D eigenvalue weighted by Crippen LogP contribution is -2.30. The minimum atomic E-state index is -0.796. The summed E-state index contributed by atoms with van der Waals surface area (Å²) in [7, 11) is 1.98. The number of nitrogens with one attached hydrogen (secondary N) is 1. The van der Waals surface area contributed by atoms with Gasteiger partial charge >= 0.3 is 5.97 Å². The summed E-state index contributed by atoms with van der Waals surface area (Å²) in [6.45, 7) is 5.91. The zero-order valence-electron chi connectivity index (χ0n) is 25.6. The summed E-state index contributed by atoms with van der Waals surface area (Å²) in [6, 6.07) is 22.2. The number of carbonyl (C=O) groups is 2. The number of fused-ring (bicyclic) bond motifs is 1. The molecule has 0 saturated carbocycles. The molecule has 8 nitrogen and oxygen atoms in total. The maximum atomic E-state index is 13.0. The Hall–Kier alpha value is -4.30. The van der Waals surface area contributed by atoms with Crippen LogP contribution in [0.3, 0.4) is 0 Å². The van der Waals surface area contributed by atoms with Crippen LogP contribution in [0.1, 0.15) is 64.4 Å². The number of carboxylic acid groups (broad SMARTS) is 1. The molecule has 0 aliphatic rings. The zero-order valence-corrected chi connectivity index (χ0v) is 25.6. The molecule has 0 aliphatic carbocycles. The fraction of sp³-hybridized carbons (Fsp3) is 0.371. The number of phenolic OH excluding ortho intramolecular Hbond substituents is 2. The molecule has 0 aliphatic heterocycles. The van der Waals surface area contributed by atoms with Gasteiger partial charge in [-0.25, -0.2) is 0 Å². The number of amides is 1. The Bertz CT molecular complexity index is 1440. The molecule has 0 fully saturated rings. The Kier molecular flexibility index (Phi) is 13.1. The second-order valence-electron chi connectivity index (χ2n) is 10.7. The predicted molar refractivity (Wildman–Crippen MR) is 174 cm³/mol. The van der Waals surface area contributed by atoms with Gasteiger partial charge in [0.05, 0.1) is 16.9 Å². The predicted octanol–water partition coefficient (Wildman–Crippen LogP) is 7.16. The second-order valence-corrected chi connectivity index (χ2v) is 10.7. The number of hydrogen-bond donors (Lipinski definition) is 4. The molecule has 0 bridgehead atoms. The van der Waals surface area contributed by atoms with Crippen molar-refractivity contribution < 1.29 is 24.9 Å². The lowest BCUT2D eigenvalue weighted by atomic mass is 10.1. The minimum Gasteiger partial charge on any atom is -0.508 e. The van der Waals surface area contributed by atoms with Crippen molar-refractivity contribution in [2.45, 2.75) is 65.3 Å². The Morgan fingerprint density at radius 1 is 0.860 bits per heavy atom. The molecule has 0 spiro atoms. The lowest BCUT2D eigenvalue weighted by Gasteiger charge is -2.23. The van der Waals surface area contributed by atoms with Crippen LogP contribution >= 0.6 is 0 Å². The van der Waals surface area contributed by atoms with Crippen molar-refractivity contribution in [3.63, 3.8) is 0 Å². The van der Waals surface area contributed by atoms with E-state index in [4.69, 9.17) is 5.11 Å². The maximum Gasteiger partial charge on any atom is 0.303 e. The molecule has 0 atom stereocenters. The molecular formula is C35H45N3O5. The van der Waals surface area contributed by atoms with Gasteiger partial charge in [-0.2, -0.15) is 0 Å². The molecule has 1 heterocycles. The number of benzene rings is 3. The van der Waals surface area contributed by atoms with Gasteiger partial charge < -0.3 is 30.1 Å². The van der Waals surface area contributed by atoms with Gasteiger partial charge in [-0.1, -0.05) is 56.5 Å². The molecule has 0 saturated heterocycles. The summed E-state index contributed by atoms with van der Waals surface area (Å²) < 4.78 is 2.15. The average Bonchev–Trinajstić information content (AvgIpc) is 3.29. The summed E-state index contributed by atoms with van der Waals surface area (Å²) in [4.78, 5) is 25.6. The number of hydrogen-bond acceptors (Lipinski definition) is 5. The number of carboxylic acids is 1. The van der Waals surface area contributed by atoms with E-state index in [1.165, 1.54) is 19.8 Å². The molecule has 8 heteroatoms. The van der Waals surface area contributed by atoms with Crippen molar-refractivity contribution in [2.24, 2.45) is 0 Å². The van der Waals surface area contributed by atoms with Gasteiger partial charge in [-0.05, 0) is 80.9 Å². The van der Waals surface area contributed by atoms with E-state index in [0.29, 0.717) is 25.2 Å². The van der Waals surface area contributed by atoms with Crippen LogP contribution in [0, 0.1) is 0 Å². The first kappa shape index (κ1) is 33.2. The number of nitrogens with zero attached hydrogens (tertiary/aromatic N) is 2.